The van der Waals surface area contributed by atoms with E-state index < -0.39 is 5.60 Å². The summed E-state index contributed by atoms with van der Waals surface area (Å²) < 4.78 is 5.55. The molecule has 0 saturated carbocycles. The van der Waals surface area contributed by atoms with Crippen molar-refractivity contribution in [1.29, 1.82) is 0 Å². The number of carbonyl (C=O) groups is 1. The van der Waals surface area contributed by atoms with Gasteiger partial charge in [-0.1, -0.05) is 30.3 Å². The van der Waals surface area contributed by atoms with Crippen LogP contribution in [0.15, 0.2) is 30.3 Å². The fourth-order valence-corrected chi connectivity index (χ4v) is 3.04. The SMILES string of the molecule is CC(C)(C)OC(=O)N1CCN(Cc2ccccc2)CC1CCCO. The van der Waals surface area contributed by atoms with Gasteiger partial charge in [-0.15, -0.1) is 0 Å². The summed E-state index contributed by atoms with van der Waals surface area (Å²) in [5, 5.41) is 9.16. The standard InChI is InChI=1S/C19H30N2O3/c1-19(2,3)24-18(23)21-12-11-20(15-17(21)10-7-13-22)14-16-8-5-4-6-9-16/h4-6,8-9,17,22H,7,10-15H2,1-3H3. The fourth-order valence-electron chi connectivity index (χ4n) is 3.04. The third-order valence-corrected chi connectivity index (χ3v) is 4.14. The van der Waals surface area contributed by atoms with E-state index in [0.29, 0.717) is 13.0 Å². The second kappa shape index (κ2) is 8.49. The van der Waals surface area contributed by atoms with Crippen LogP contribution in [-0.2, 0) is 11.3 Å². The molecule has 134 valence electrons. The van der Waals surface area contributed by atoms with Gasteiger partial charge in [0, 0.05) is 38.8 Å². The van der Waals surface area contributed by atoms with Crippen molar-refractivity contribution in [3.63, 3.8) is 0 Å². The minimum Gasteiger partial charge on any atom is -0.444 e. The van der Waals surface area contributed by atoms with Crippen molar-refractivity contribution >= 4 is 6.09 Å². The largest absolute Gasteiger partial charge is 0.444 e. The molecule has 1 heterocycles. The lowest BCUT2D eigenvalue weighted by Gasteiger charge is -2.41. The monoisotopic (exact) mass is 334 g/mol. The number of carbonyl (C=O) groups excluding carboxylic acids is 1. The molecule has 1 saturated heterocycles. The Morgan fingerprint density at radius 3 is 2.58 bits per heavy atom. The molecule has 1 aliphatic heterocycles. The van der Waals surface area contributed by atoms with Crippen molar-refractivity contribution in [2.45, 2.75) is 51.8 Å². The number of nitrogens with zero attached hydrogens (tertiary/aromatic N) is 2. The number of amides is 1. The molecule has 0 bridgehead atoms. The Morgan fingerprint density at radius 2 is 1.96 bits per heavy atom. The van der Waals surface area contributed by atoms with E-state index in [2.05, 4.69) is 29.2 Å². The summed E-state index contributed by atoms with van der Waals surface area (Å²) in [4.78, 5) is 16.7. The van der Waals surface area contributed by atoms with Crippen molar-refractivity contribution < 1.29 is 14.6 Å². The van der Waals surface area contributed by atoms with Crippen LogP contribution in [0.5, 0.6) is 0 Å². The van der Waals surface area contributed by atoms with Crippen LogP contribution in [0.1, 0.15) is 39.2 Å². The Hall–Kier alpha value is -1.59. The van der Waals surface area contributed by atoms with Crippen molar-refractivity contribution in [2.75, 3.05) is 26.2 Å². The highest BCUT2D eigenvalue weighted by atomic mass is 16.6. The topological polar surface area (TPSA) is 53.0 Å². The average molecular weight is 334 g/mol. The Labute approximate surface area is 145 Å². The van der Waals surface area contributed by atoms with E-state index in [1.165, 1.54) is 5.56 Å². The van der Waals surface area contributed by atoms with Gasteiger partial charge in [0.15, 0.2) is 0 Å². The summed E-state index contributed by atoms with van der Waals surface area (Å²) >= 11 is 0. The van der Waals surface area contributed by atoms with Crippen molar-refractivity contribution in [2.24, 2.45) is 0 Å². The zero-order valence-electron chi connectivity index (χ0n) is 15.1. The zero-order valence-corrected chi connectivity index (χ0v) is 15.1. The van der Waals surface area contributed by atoms with Crippen LogP contribution in [0.25, 0.3) is 0 Å². The van der Waals surface area contributed by atoms with E-state index >= 15 is 0 Å². The molecule has 1 aromatic rings. The first-order valence-electron chi connectivity index (χ1n) is 8.76. The second-order valence-corrected chi connectivity index (χ2v) is 7.41. The molecule has 0 radical (unpaired) electrons. The van der Waals surface area contributed by atoms with Crippen molar-refractivity contribution in [3.05, 3.63) is 35.9 Å². The first-order chi connectivity index (χ1) is 11.4. The van der Waals surface area contributed by atoms with Crippen LogP contribution >= 0.6 is 0 Å². The van der Waals surface area contributed by atoms with Gasteiger partial charge >= 0.3 is 6.09 Å². The quantitative estimate of drug-likeness (QED) is 0.899. The van der Waals surface area contributed by atoms with Crippen molar-refractivity contribution in [3.8, 4) is 0 Å². The van der Waals surface area contributed by atoms with Gasteiger partial charge in [-0.25, -0.2) is 4.79 Å². The van der Waals surface area contributed by atoms with Crippen molar-refractivity contribution in [1.82, 2.24) is 9.80 Å². The van der Waals surface area contributed by atoms with Gasteiger partial charge in [-0.2, -0.15) is 0 Å². The molecule has 1 aromatic carbocycles. The predicted octanol–water partition coefficient (Wildman–Crippen LogP) is 2.88. The van der Waals surface area contributed by atoms with Gasteiger partial charge in [0.1, 0.15) is 5.60 Å². The number of ether oxygens (including phenoxy) is 1. The van der Waals surface area contributed by atoms with Crippen LogP contribution in [0.3, 0.4) is 0 Å². The summed E-state index contributed by atoms with van der Waals surface area (Å²) in [7, 11) is 0. The van der Waals surface area contributed by atoms with Crippen LogP contribution in [-0.4, -0.2) is 58.9 Å². The number of benzene rings is 1. The normalized spacial score (nSPS) is 19.3. The number of hydrogen-bond acceptors (Lipinski definition) is 4. The van der Waals surface area contributed by atoms with Gasteiger partial charge in [0.05, 0.1) is 0 Å². The minimum absolute atomic E-state index is 0.0875. The summed E-state index contributed by atoms with van der Waals surface area (Å²) in [5.41, 5.74) is 0.795. The molecule has 0 aromatic heterocycles. The van der Waals surface area contributed by atoms with Gasteiger partial charge < -0.3 is 14.7 Å². The lowest BCUT2D eigenvalue weighted by Crippen LogP contribution is -2.55. The maximum Gasteiger partial charge on any atom is 0.410 e. The molecular formula is C19H30N2O3. The Morgan fingerprint density at radius 1 is 1.25 bits per heavy atom. The Bertz CT molecular complexity index is 513. The smallest absolute Gasteiger partial charge is 0.410 e. The van der Waals surface area contributed by atoms with E-state index in [1.54, 1.807) is 0 Å². The highest BCUT2D eigenvalue weighted by molar-refractivity contribution is 5.68. The number of hydrogen-bond donors (Lipinski definition) is 1. The first-order valence-corrected chi connectivity index (χ1v) is 8.76. The Balaban J connectivity index is 1.99. The highest BCUT2D eigenvalue weighted by Crippen LogP contribution is 2.20. The van der Waals surface area contributed by atoms with Gasteiger partial charge in [0.2, 0.25) is 0 Å². The molecule has 1 fully saturated rings. The number of piperazine rings is 1. The van der Waals surface area contributed by atoms with Crippen LogP contribution < -0.4 is 0 Å². The zero-order chi connectivity index (χ0) is 17.6. The molecule has 5 nitrogen and oxygen atoms in total. The lowest BCUT2D eigenvalue weighted by atomic mass is 10.1. The number of aliphatic hydroxyl groups is 1. The first kappa shape index (κ1) is 18.7. The third-order valence-electron chi connectivity index (χ3n) is 4.14. The van der Waals surface area contributed by atoms with E-state index in [4.69, 9.17) is 9.84 Å². The molecule has 1 atom stereocenters. The average Bonchev–Trinajstić information content (AvgIpc) is 2.52. The maximum atomic E-state index is 12.5. The molecule has 0 aliphatic carbocycles. The minimum atomic E-state index is -0.486. The maximum absolute atomic E-state index is 12.5. The lowest BCUT2D eigenvalue weighted by molar-refractivity contribution is -0.00473. The van der Waals surface area contributed by atoms with Gasteiger partial charge in [-0.05, 0) is 39.2 Å². The predicted molar refractivity (Wildman–Crippen MR) is 94.8 cm³/mol. The molecular weight excluding hydrogens is 304 g/mol. The third kappa shape index (κ3) is 5.80. The van der Waals surface area contributed by atoms with Crippen LogP contribution in [0.2, 0.25) is 0 Å². The summed E-state index contributed by atoms with van der Waals surface area (Å²) in [6.45, 7) is 9.02. The van der Waals surface area contributed by atoms with Crippen LogP contribution in [0, 0.1) is 0 Å². The number of rotatable bonds is 5. The second-order valence-electron chi connectivity index (χ2n) is 7.41. The van der Waals surface area contributed by atoms with E-state index in [-0.39, 0.29) is 18.7 Å². The molecule has 0 spiro atoms. The molecule has 1 N–H and O–H groups in total. The molecule has 1 amide bonds. The summed E-state index contributed by atoms with van der Waals surface area (Å²) in [5.74, 6) is 0. The van der Waals surface area contributed by atoms with E-state index in [9.17, 15) is 4.79 Å². The molecule has 24 heavy (non-hydrogen) atoms. The summed E-state index contributed by atoms with van der Waals surface area (Å²) in [6, 6.07) is 10.5. The van der Waals surface area contributed by atoms with E-state index in [0.717, 1.165) is 26.1 Å². The Kier molecular flexibility index (Phi) is 6.63. The van der Waals surface area contributed by atoms with Crippen LogP contribution in [0.4, 0.5) is 4.79 Å². The highest BCUT2D eigenvalue weighted by Gasteiger charge is 2.32. The fraction of sp³-hybridized carbons (Fsp3) is 0.632. The molecule has 1 unspecified atom stereocenters. The van der Waals surface area contributed by atoms with E-state index in [1.807, 2.05) is 31.7 Å². The summed E-state index contributed by atoms with van der Waals surface area (Å²) in [6.07, 6.45) is 1.24. The molecule has 2 rings (SSSR count). The molecule has 5 heteroatoms. The molecule has 1 aliphatic rings. The van der Waals surface area contributed by atoms with Gasteiger partial charge in [-0.3, -0.25) is 4.90 Å². The van der Waals surface area contributed by atoms with Gasteiger partial charge in [0.25, 0.3) is 0 Å². The number of aliphatic hydroxyl groups excluding tert-OH is 1.